The lowest BCUT2D eigenvalue weighted by Gasteiger charge is -2.47. The summed E-state index contributed by atoms with van der Waals surface area (Å²) in [5.74, 6) is 0.752. The number of benzene rings is 1. The Bertz CT molecular complexity index is 416. The molecule has 0 saturated carbocycles. The number of methoxy groups -OCH3 is 1. The molecule has 0 amide bonds. The summed E-state index contributed by atoms with van der Waals surface area (Å²) in [6.07, 6.45) is 1.28. The molecule has 1 aromatic rings. The van der Waals surface area contributed by atoms with Crippen molar-refractivity contribution >= 4 is 0 Å². The molecule has 0 radical (unpaired) electrons. The van der Waals surface area contributed by atoms with E-state index < -0.39 is 11.7 Å². The Balaban J connectivity index is 1.87. The Hall–Kier alpha value is -1.10. The molecule has 106 valence electrons. The van der Waals surface area contributed by atoms with Gasteiger partial charge in [-0.15, -0.1) is 0 Å². The number of ether oxygens (including phenoxy) is 1. The summed E-state index contributed by atoms with van der Waals surface area (Å²) in [5, 5.41) is 20.3. The molecule has 0 bridgehead atoms. The van der Waals surface area contributed by atoms with Gasteiger partial charge in [0.2, 0.25) is 0 Å². The summed E-state index contributed by atoms with van der Waals surface area (Å²) in [4.78, 5) is 2.08. The Morgan fingerprint density at radius 1 is 1.42 bits per heavy atom. The van der Waals surface area contributed by atoms with Crippen molar-refractivity contribution in [2.24, 2.45) is 0 Å². The quantitative estimate of drug-likeness (QED) is 0.820. The highest BCUT2D eigenvalue weighted by atomic mass is 16.5. The number of nitrogens with zero attached hydrogens (tertiary/aromatic N) is 1. The predicted molar refractivity (Wildman–Crippen MR) is 74.3 cm³/mol. The molecule has 1 fully saturated rings. The largest absolute Gasteiger partial charge is 0.497 e. The fraction of sp³-hybridized carbons (Fsp3) is 0.600. The molecule has 4 nitrogen and oxygen atoms in total. The average molecular weight is 265 g/mol. The fourth-order valence-electron chi connectivity index (χ4n) is 2.74. The summed E-state index contributed by atoms with van der Waals surface area (Å²) in [7, 11) is 1.62. The number of hydrogen-bond donors (Lipinski definition) is 2. The predicted octanol–water partition coefficient (Wildman–Crippen LogP) is 1.58. The van der Waals surface area contributed by atoms with E-state index in [1.807, 2.05) is 24.3 Å². The zero-order valence-corrected chi connectivity index (χ0v) is 11.7. The van der Waals surface area contributed by atoms with Gasteiger partial charge in [-0.1, -0.05) is 25.5 Å². The van der Waals surface area contributed by atoms with E-state index >= 15 is 0 Å². The standard InChI is InChI=1S/C15H23NO3/c1-3-7-15(18)10-16(11-15)9-14(17)12-5-4-6-13(8-12)19-2/h4-6,8,14,17-18H,3,7,9-11H2,1-2H3. The van der Waals surface area contributed by atoms with Crippen molar-refractivity contribution in [3.63, 3.8) is 0 Å². The first-order valence-corrected chi connectivity index (χ1v) is 6.83. The van der Waals surface area contributed by atoms with Gasteiger partial charge in [0.1, 0.15) is 5.75 Å². The van der Waals surface area contributed by atoms with Crippen LogP contribution in [0.2, 0.25) is 0 Å². The Morgan fingerprint density at radius 2 is 2.16 bits per heavy atom. The molecule has 1 aliphatic heterocycles. The van der Waals surface area contributed by atoms with Crippen LogP contribution in [-0.2, 0) is 0 Å². The van der Waals surface area contributed by atoms with E-state index in [0.29, 0.717) is 19.6 Å². The van der Waals surface area contributed by atoms with Gasteiger partial charge < -0.3 is 14.9 Å². The fourth-order valence-corrected chi connectivity index (χ4v) is 2.74. The molecule has 2 N–H and O–H groups in total. The summed E-state index contributed by atoms with van der Waals surface area (Å²) in [5.41, 5.74) is 0.313. The molecule has 19 heavy (non-hydrogen) atoms. The molecule has 1 heterocycles. The van der Waals surface area contributed by atoms with E-state index in [-0.39, 0.29) is 0 Å². The van der Waals surface area contributed by atoms with Crippen LogP contribution in [0.5, 0.6) is 5.75 Å². The molecule has 0 aliphatic carbocycles. The van der Waals surface area contributed by atoms with Gasteiger partial charge in [-0.25, -0.2) is 0 Å². The molecule has 0 aromatic heterocycles. The van der Waals surface area contributed by atoms with Crippen LogP contribution in [0.4, 0.5) is 0 Å². The summed E-state index contributed by atoms with van der Waals surface area (Å²) in [6.45, 7) is 3.94. The van der Waals surface area contributed by atoms with E-state index in [1.54, 1.807) is 7.11 Å². The molecule has 1 saturated heterocycles. The van der Waals surface area contributed by atoms with Gasteiger partial charge in [0.05, 0.1) is 18.8 Å². The first-order valence-electron chi connectivity index (χ1n) is 6.83. The topological polar surface area (TPSA) is 52.9 Å². The van der Waals surface area contributed by atoms with E-state index in [1.165, 1.54) is 0 Å². The van der Waals surface area contributed by atoms with E-state index in [2.05, 4.69) is 11.8 Å². The lowest BCUT2D eigenvalue weighted by Crippen LogP contribution is -2.62. The van der Waals surface area contributed by atoms with Gasteiger partial charge in [-0.2, -0.15) is 0 Å². The SMILES string of the molecule is CCCC1(O)CN(CC(O)c2cccc(OC)c2)C1. The van der Waals surface area contributed by atoms with E-state index in [0.717, 1.165) is 24.2 Å². The minimum atomic E-state index is -0.540. The third kappa shape index (κ3) is 3.47. The number of aliphatic hydroxyl groups excluding tert-OH is 1. The molecule has 1 atom stereocenters. The van der Waals surface area contributed by atoms with Crippen molar-refractivity contribution in [2.75, 3.05) is 26.7 Å². The molecular weight excluding hydrogens is 242 g/mol. The van der Waals surface area contributed by atoms with Gasteiger partial charge in [0.15, 0.2) is 0 Å². The van der Waals surface area contributed by atoms with Crippen LogP contribution in [-0.4, -0.2) is 47.5 Å². The zero-order chi connectivity index (χ0) is 13.9. The van der Waals surface area contributed by atoms with Crippen LogP contribution in [0, 0.1) is 0 Å². The third-order valence-electron chi connectivity index (χ3n) is 3.66. The molecule has 1 aliphatic rings. The van der Waals surface area contributed by atoms with E-state index in [9.17, 15) is 10.2 Å². The van der Waals surface area contributed by atoms with Gasteiger partial charge in [0.25, 0.3) is 0 Å². The Kier molecular flexibility index (Phi) is 4.45. The normalized spacial score (nSPS) is 19.8. The maximum atomic E-state index is 10.2. The van der Waals surface area contributed by atoms with Crippen LogP contribution < -0.4 is 4.74 Å². The molecule has 1 aromatic carbocycles. The minimum Gasteiger partial charge on any atom is -0.497 e. The summed E-state index contributed by atoms with van der Waals surface area (Å²) < 4.78 is 5.15. The van der Waals surface area contributed by atoms with Crippen LogP contribution in [0.25, 0.3) is 0 Å². The first-order chi connectivity index (χ1) is 9.06. The van der Waals surface area contributed by atoms with Crippen LogP contribution in [0.15, 0.2) is 24.3 Å². The number of hydrogen-bond acceptors (Lipinski definition) is 4. The van der Waals surface area contributed by atoms with Crippen molar-refractivity contribution in [3.8, 4) is 5.75 Å². The maximum Gasteiger partial charge on any atom is 0.119 e. The smallest absolute Gasteiger partial charge is 0.119 e. The van der Waals surface area contributed by atoms with Crippen molar-refractivity contribution in [2.45, 2.75) is 31.5 Å². The first kappa shape index (κ1) is 14.3. The van der Waals surface area contributed by atoms with Crippen molar-refractivity contribution in [1.29, 1.82) is 0 Å². The van der Waals surface area contributed by atoms with Crippen molar-refractivity contribution in [1.82, 2.24) is 4.90 Å². The van der Waals surface area contributed by atoms with Crippen LogP contribution >= 0.6 is 0 Å². The second kappa shape index (κ2) is 5.90. The number of rotatable bonds is 6. The molecule has 1 unspecified atom stereocenters. The van der Waals surface area contributed by atoms with E-state index in [4.69, 9.17) is 4.74 Å². The zero-order valence-electron chi connectivity index (χ0n) is 11.7. The summed E-state index contributed by atoms with van der Waals surface area (Å²) in [6, 6.07) is 7.48. The average Bonchev–Trinajstić information content (AvgIpc) is 2.37. The van der Waals surface area contributed by atoms with Crippen LogP contribution in [0.1, 0.15) is 31.4 Å². The molecule has 4 heteroatoms. The molecular formula is C15H23NO3. The highest BCUT2D eigenvalue weighted by Crippen LogP contribution is 2.28. The highest BCUT2D eigenvalue weighted by molar-refractivity contribution is 5.30. The van der Waals surface area contributed by atoms with Gasteiger partial charge in [-0.05, 0) is 24.1 Å². The number of β-amino-alcohol motifs (C(OH)–C–C–N with tert-alkyl or cyclic N) is 2. The second-order valence-corrected chi connectivity index (χ2v) is 5.44. The van der Waals surface area contributed by atoms with Crippen molar-refractivity contribution in [3.05, 3.63) is 29.8 Å². The van der Waals surface area contributed by atoms with Gasteiger partial charge in [0, 0.05) is 19.6 Å². The molecule has 2 rings (SSSR count). The molecule has 0 spiro atoms. The Morgan fingerprint density at radius 3 is 2.79 bits per heavy atom. The number of likely N-dealkylation sites (tertiary alicyclic amines) is 1. The Labute approximate surface area is 114 Å². The number of aliphatic hydroxyl groups is 2. The highest BCUT2D eigenvalue weighted by Gasteiger charge is 2.40. The lowest BCUT2D eigenvalue weighted by molar-refractivity contribution is -0.113. The summed E-state index contributed by atoms with van der Waals surface area (Å²) >= 11 is 0. The van der Waals surface area contributed by atoms with Gasteiger partial charge >= 0.3 is 0 Å². The lowest BCUT2D eigenvalue weighted by atomic mass is 9.89. The monoisotopic (exact) mass is 265 g/mol. The second-order valence-electron chi connectivity index (χ2n) is 5.44. The van der Waals surface area contributed by atoms with Crippen molar-refractivity contribution < 1.29 is 14.9 Å². The van der Waals surface area contributed by atoms with Gasteiger partial charge in [-0.3, -0.25) is 4.90 Å². The van der Waals surface area contributed by atoms with Crippen LogP contribution in [0.3, 0.4) is 0 Å². The minimum absolute atomic E-state index is 0.539. The maximum absolute atomic E-state index is 10.2. The third-order valence-corrected chi connectivity index (χ3v) is 3.66.